The summed E-state index contributed by atoms with van der Waals surface area (Å²) in [6.07, 6.45) is 3.65. The minimum atomic E-state index is 0.102. The minimum Gasteiger partial charge on any atom is -0.494 e. The summed E-state index contributed by atoms with van der Waals surface area (Å²) in [5.74, 6) is 0.939. The van der Waals surface area contributed by atoms with Gasteiger partial charge < -0.3 is 14.8 Å². The van der Waals surface area contributed by atoms with Crippen LogP contribution in [0.25, 0.3) is 0 Å². The van der Waals surface area contributed by atoms with Gasteiger partial charge >= 0.3 is 0 Å². The monoisotopic (exact) mass is 249 g/mol. The number of hydrogen-bond acceptors (Lipinski definition) is 3. The molecule has 0 heterocycles. The second-order valence-corrected chi connectivity index (χ2v) is 4.92. The van der Waals surface area contributed by atoms with Crippen molar-refractivity contribution in [3.8, 4) is 5.75 Å². The molecule has 1 aliphatic rings. The van der Waals surface area contributed by atoms with Crippen molar-refractivity contribution >= 4 is 0 Å². The first-order valence-electron chi connectivity index (χ1n) is 6.75. The van der Waals surface area contributed by atoms with Gasteiger partial charge in [-0.25, -0.2) is 0 Å². The normalized spacial score (nSPS) is 17.2. The van der Waals surface area contributed by atoms with Gasteiger partial charge in [0.15, 0.2) is 0 Å². The molecule has 3 heteroatoms. The van der Waals surface area contributed by atoms with Crippen molar-refractivity contribution in [2.24, 2.45) is 0 Å². The predicted octanol–water partition coefficient (Wildman–Crippen LogP) is 2.74. The molecule has 0 radical (unpaired) electrons. The Morgan fingerprint density at radius 2 is 1.94 bits per heavy atom. The van der Waals surface area contributed by atoms with Crippen molar-refractivity contribution in [1.29, 1.82) is 0 Å². The summed E-state index contributed by atoms with van der Waals surface area (Å²) < 4.78 is 11.0. The molecule has 1 saturated carbocycles. The SMILES string of the molecule is CCOc1ccc(CNCC2(OC)CCC2)cc1. The molecule has 1 fully saturated rings. The fourth-order valence-electron chi connectivity index (χ4n) is 2.33. The van der Waals surface area contributed by atoms with Gasteiger partial charge in [0.2, 0.25) is 0 Å². The number of rotatable bonds is 7. The van der Waals surface area contributed by atoms with Crippen LogP contribution in [-0.4, -0.2) is 25.9 Å². The molecular weight excluding hydrogens is 226 g/mol. The smallest absolute Gasteiger partial charge is 0.119 e. The van der Waals surface area contributed by atoms with E-state index in [4.69, 9.17) is 9.47 Å². The third-order valence-corrected chi connectivity index (χ3v) is 3.71. The van der Waals surface area contributed by atoms with Crippen LogP contribution in [0.3, 0.4) is 0 Å². The maximum atomic E-state index is 5.58. The standard InChI is InChI=1S/C15H23NO2/c1-3-18-14-7-5-13(6-8-14)11-16-12-15(17-2)9-4-10-15/h5-8,16H,3-4,9-12H2,1-2H3. The molecule has 1 aromatic carbocycles. The average molecular weight is 249 g/mol. The highest BCUT2D eigenvalue weighted by atomic mass is 16.5. The van der Waals surface area contributed by atoms with Crippen LogP contribution < -0.4 is 10.1 Å². The minimum absolute atomic E-state index is 0.102. The fourth-order valence-corrected chi connectivity index (χ4v) is 2.33. The molecule has 0 aromatic heterocycles. The van der Waals surface area contributed by atoms with E-state index in [1.165, 1.54) is 24.8 Å². The summed E-state index contributed by atoms with van der Waals surface area (Å²) >= 11 is 0. The van der Waals surface area contributed by atoms with Gasteiger partial charge in [0.25, 0.3) is 0 Å². The van der Waals surface area contributed by atoms with Crippen LogP contribution in [0, 0.1) is 0 Å². The molecule has 2 rings (SSSR count). The molecule has 1 aromatic rings. The van der Waals surface area contributed by atoms with E-state index in [9.17, 15) is 0 Å². The molecule has 0 saturated heterocycles. The third kappa shape index (κ3) is 3.24. The number of ether oxygens (including phenoxy) is 2. The highest BCUT2D eigenvalue weighted by Gasteiger charge is 2.36. The summed E-state index contributed by atoms with van der Waals surface area (Å²) in [5, 5.41) is 3.48. The molecule has 18 heavy (non-hydrogen) atoms. The molecule has 1 N–H and O–H groups in total. The Kier molecular flexibility index (Phi) is 4.61. The van der Waals surface area contributed by atoms with E-state index in [1.54, 1.807) is 0 Å². The summed E-state index contributed by atoms with van der Waals surface area (Å²) in [4.78, 5) is 0. The lowest BCUT2D eigenvalue weighted by Crippen LogP contribution is -2.47. The Morgan fingerprint density at radius 1 is 1.22 bits per heavy atom. The van der Waals surface area contributed by atoms with Crippen LogP contribution in [0.15, 0.2) is 24.3 Å². The first-order valence-corrected chi connectivity index (χ1v) is 6.75. The predicted molar refractivity (Wildman–Crippen MR) is 72.9 cm³/mol. The molecule has 0 spiro atoms. The van der Waals surface area contributed by atoms with Gasteiger partial charge in [-0.05, 0) is 43.9 Å². The van der Waals surface area contributed by atoms with E-state index >= 15 is 0 Å². The van der Waals surface area contributed by atoms with E-state index < -0.39 is 0 Å². The number of benzene rings is 1. The molecule has 3 nitrogen and oxygen atoms in total. The van der Waals surface area contributed by atoms with Crippen LogP contribution in [0.4, 0.5) is 0 Å². The fraction of sp³-hybridized carbons (Fsp3) is 0.600. The zero-order valence-electron chi connectivity index (χ0n) is 11.4. The van der Waals surface area contributed by atoms with Crippen molar-refractivity contribution in [1.82, 2.24) is 5.32 Å². The molecular formula is C15H23NO2. The topological polar surface area (TPSA) is 30.5 Å². The van der Waals surface area contributed by atoms with E-state index in [2.05, 4.69) is 17.4 Å². The third-order valence-electron chi connectivity index (χ3n) is 3.71. The highest BCUT2D eigenvalue weighted by Crippen LogP contribution is 2.34. The Bertz CT molecular complexity index is 352. The maximum Gasteiger partial charge on any atom is 0.119 e. The largest absolute Gasteiger partial charge is 0.494 e. The quantitative estimate of drug-likeness (QED) is 0.806. The molecule has 0 bridgehead atoms. The molecule has 100 valence electrons. The van der Waals surface area contributed by atoms with Gasteiger partial charge in [0.1, 0.15) is 5.75 Å². The van der Waals surface area contributed by atoms with Gasteiger partial charge in [0.05, 0.1) is 12.2 Å². The first kappa shape index (κ1) is 13.4. The second-order valence-electron chi connectivity index (χ2n) is 4.92. The van der Waals surface area contributed by atoms with Gasteiger partial charge in [-0.1, -0.05) is 12.1 Å². The number of methoxy groups -OCH3 is 1. The Labute approximate surface area is 109 Å². The van der Waals surface area contributed by atoms with Gasteiger partial charge in [-0.3, -0.25) is 0 Å². The van der Waals surface area contributed by atoms with E-state index in [-0.39, 0.29) is 5.60 Å². The summed E-state index contributed by atoms with van der Waals surface area (Å²) in [5.41, 5.74) is 1.38. The van der Waals surface area contributed by atoms with Gasteiger partial charge in [-0.2, -0.15) is 0 Å². The molecule has 0 aliphatic heterocycles. The Hall–Kier alpha value is -1.06. The van der Waals surface area contributed by atoms with Crippen LogP contribution in [0.5, 0.6) is 5.75 Å². The van der Waals surface area contributed by atoms with Crippen molar-refractivity contribution in [2.75, 3.05) is 20.3 Å². The average Bonchev–Trinajstić information content (AvgIpc) is 2.35. The van der Waals surface area contributed by atoms with Crippen molar-refractivity contribution in [3.63, 3.8) is 0 Å². The second kappa shape index (κ2) is 6.21. The van der Waals surface area contributed by atoms with E-state index in [1.807, 2.05) is 26.2 Å². The maximum absolute atomic E-state index is 5.58. The molecule has 0 unspecified atom stereocenters. The van der Waals surface area contributed by atoms with Crippen molar-refractivity contribution in [2.45, 2.75) is 38.3 Å². The van der Waals surface area contributed by atoms with Crippen LogP contribution in [0.1, 0.15) is 31.7 Å². The number of nitrogens with one attached hydrogen (secondary N) is 1. The van der Waals surface area contributed by atoms with Crippen molar-refractivity contribution in [3.05, 3.63) is 29.8 Å². The summed E-state index contributed by atoms with van der Waals surface area (Å²) in [7, 11) is 1.82. The summed E-state index contributed by atoms with van der Waals surface area (Å²) in [6, 6.07) is 8.27. The van der Waals surface area contributed by atoms with Gasteiger partial charge in [0, 0.05) is 20.2 Å². The van der Waals surface area contributed by atoms with E-state index in [0.29, 0.717) is 6.61 Å². The van der Waals surface area contributed by atoms with Gasteiger partial charge in [-0.15, -0.1) is 0 Å². The molecule has 0 amide bonds. The molecule has 1 aliphatic carbocycles. The lowest BCUT2D eigenvalue weighted by Gasteiger charge is -2.40. The van der Waals surface area contributed by atoms with Crippen LogP contribution >= 0.6 is 0 Å². The van der Waals surface area contributed by atoms with Crippen molar-refractivity contribution < 1.29 is 9.47 Å². The molecule has 0 atom stereocenters. The lowest BCUT2D eigenvalue weighted by atomic mass is 9.80. The first-order chi connectivity index (χ1) is 8.78. The van der Waals surface area contributed by atoms with Crippen LogP contribution in [-0.2, 0) is 11.3 Å². The Morgan fingerprint density at radius 3 is 2.44 bits per heavy atom. The highest BCUT2D eigenvalue weighted by molar-refractivity contribution is 5.27. The van der Waals surface area contributed by atoms with E-state index in [0.717, 1.165) is 18.8 Å². The zero-order valence-corrected chi connectivity index (χ0v) is 11.4. The summed E-state index contributed by atoms with van der Waals surface area (Å²) in [6.45, 7) is 4.54. The number of hydrogen-bond donors (Lipinski definition) is 1. The zero-order chi connectivity index (χ0) is 12.8. The lowest BCUT2D eigenvalue weighted by molar-refractivity contribution is -0.0695. The van der Waals surface area contributed by atoms with Crippen LogP contribution in [0.2, 0.25) is 0 Å². The Balaban J connectivity index is 1.76.